The van der Waals surface area contributed by atoms with Crippen molar-refractivity contribution in [3.05, 3.63) is 29.7 Å². The van der Waals surface area contributed by atoms with Crippen LogP contribution in [0.5, 0.6) is 0 Å². The van der Waals surface area contributed by atoms with Crippen molar-refractivity contribution in [2.45, 2.75) is 45.2 Å². The molecule has 9 nitrogen and oxygen atoms in total. The van der Waals surface area contributed by atoms with Crippen molar-refractivity contribution in [3.63, 3.8) is 0 Å². The summed E-state index contributed by atoms with van der Waals surface area (Å²) in [4.78, 5) is 16.9. The molecule has 1 atom stereocenters. The fourth-order valence-corrected chi connectivity index (χ4v) is 2.98. The number of rotatable bonds is 6. The van der Waals surface area contributed by atoms with Crippen LogP contribution in [0.4, 0.5) is 4.79 Å². The largest absolute Gasteiger partial charge is 0.381 e. The van der Waals surface area contributed by atoms with Gasteiger partial charge < -0.3 is 19.9 Å². The molecule has 0 unspecified atom stereocenters. The molecular formula is C17H26N6O3. The van der Waals surface area contributed by atoms with Crippen molar-refractivity contribution in [1.29, 1.82) is 0 Å². The average Bonchev–Trinajstić information content (AvgIpc) is 3.28. The van der Waals surface area contributed by atoms with Gasteiger partial charge in [0.05, 0.1) is 12.2 Å². The van der Waals surface area contributed by atoms with Crippen LogP contribution in [0.25, 0.3) is 0 Å². The van der Waals surface area contributed by atoms with Crippen molar-refractivity contribution >= 4 is 6.03 Å². The number of nitrogens with zero attached hydrogens (tertiary/aromatic N) is 4. The van der Waals surface area contributed by atoms with Gasteiger partial charge in [-0.2, -0.15) is 10.1 Å². The lowest BCUT2D eigenvalue weighted by atomic mass is 9.91. The summed E-state index contributed by atoms with van der Waals surface area (Å²) in [7, 11) is 1.84. The molecule has 0 spiro atoms. The first-order valence-corrected chi connectivity index (χ1v) is 8.97. The van der Waals surface area contributed by atoms with Gasteiger partial charge in [0.2, 0.25) is 5.89 Å². The van der Waals surface area contributed by atoms with E-state index in [1.807, 2.05) is 27.0 Å². The zero-order valence-corrected chi connectivity index (χ0v) is 15.4. The third kappa shape index (κ3) is 4.40. The number of urea groups is 1. The standard InChI is InChI=1S/C17H26N6O3/c1-11(2)15-21-16(26-22-15)14(12-5-8-25-9-6-12)20-17(24)18-10-13-4-7-19-23(13)3/h4,7,11-12,14H,5-6,8-10H2,1-3H3,(H2,18,20,24)/t14-/m0/s1. The number of carbonyl (C=O) groups excluding carboxylic acids is 1. The van der Waals surface area contributed by atoms with Crippen LogP contribution in [0.2, 0.25) is 0 Å². The van der Waals surface area contributed by atoms with Crippen LogP contribution < -0.4 is 10.6 Å². The molecule has 2 aromatic rings. The van der Waals surface area contributed by atoms with Gasteiger partial charge in [0.25, 0.3) is 0 Å². The van der Waals surface area contributed by atoms with Crippen LogP contribution in [0.3, 0.4) is 0 Å². The minimum atomic E-state index is -0.328. The third-order valence-electron chi connectivity index (χ3n) is 4.62. The summed E-state index contributed by atoms with van der Waals surface area (Å²) in [5.74, 6) is 1.47. The fourth-order valence-electron chi connectivity index (χ4n) is 2.98. The van der Waals surface area contributed by atoms with Crippen LogP contribution in [0, 0.1) is 5.92 Å². The monoisotopic (exact) mass is 362 g/mol. The molecule has 0 aromatic carbocycles. The Hall–Kier alpha value is -2.42. The molecule has 2 amide bonds. The van der Waals surface area contributed by atoms with Gasteiger partial charge in [-0.1, -0.05) is 19.0 Å². The zero-order chi connectivity index (χ0) is 18.5. The SMILES string of the molecule is CC(C)c1noc([C@@H](NC(=O)NCc2ccnn2C)C2CCOCC2)n1. The Morgan fingerprint density at radius 2 is 2.15 bits per heavy atom. The van der Waals surface area contributed by atoms with Crippen LogP contribution in [-0.2, 0) is 18.3 Å². The summed E-state index contributed by atoms with van der Waals surface area (Å²) in [6, 6.07) is 1.26. The fraction of sp³-hybridized carbons (Fsp3) is 0.647. The minimum Gasteiger partial charge on any atom is -0.381 e. The molecule has 2 N–H and O–H groups in total. The second-order valence-corrected chi connectivity index (χ2v) is 6.85. The first-order chi connectivity index (χ1) is 12.5. The molecular weight excluding hydrogens is 336 g/mol. The Morgan fingerprint density at radius 3 is 2.77 bits per heavy atom. The molecule has 1 fully saturated rings. The van der Waals surface area contributed by atoms with E-state index in [4.69, 9.17) is 9.26 Å². The van der Waals surface area contributed by atoms with Crippen LogP contribution in [-0.4, -0.2) is 39.2 Å². The molecule has 9 heteroatoms. The molecule has 2 aromatic heterocycles. The number of aryl methyl sites for hydroxylation is 1. The predicted octanol–water partition coefficient (Wildman–Crippen LogP) is 1.89. The van der Waals surface area contributed by atoms with E-state index in [9.17, 15) is 4.79 Å². The number of ether oxygens (including phenoxy) is 1. The van der Waals surface area contributed by atoms with Crippen molar-refractivity contribution in [2.24, 2.45) is 13.0 Å². The maximum atomic E-state index is 12.4. The second-order valence-electron chi connectivity index (χ2n) is 6.85. The van der Waals surface area contributed by atoms with E-state index in [0.29, 0.717) is 31.5 Å². The molecule has 1 aliphatic rings. The summed E-state index contributed by atoms with van der Waals surface area (Å²) in [5, 5.41) is 14.0. The van der Waals surface area contributed by atoms with E-state index in [2.05, 4.69) is 25.9 Å². The lowest BCUT2D eigenvalue weighted by molar-refractivity contribution is 0.0503. The normalized spacial score (nSPS) is 16.6. The Kier molecular flexibility index (Phi) is 5.87. The first-order valence-electron chi connectivity index (χ1n) is 8.97. The molecule has 3 rings (SSSR count). The molecule has 142 valence electrons. The smallest absolute Gasteiger partial charge is 0.315 e. The number of aromatic nitrogens is 4. The maximum Gasteiger partial charge on any atom is 0.315 e. The molecule has 1 aliphatic heterocycles. The van der Waals surface area contributed by atoms with E-state index >= 15 is 0 Å². The summed E-state index contributed by atoms with van der Waals surface area (Å²) in [5.41, 5.74) is 0.919. The average molecular weight is 362 g/mol. The predicted molar refractivity (Wildman–Crippen MR) is 93.3 cm³/mol. The molecule has 0 aliphatic carbocycles. The molecule has 3 heterocycles. The summed E-state index contributed by atoms with van der Waals surface area (Å²) in [6.45, 7) is 5.75. The van der Waals surface area contributed by atoms with Gasteiger partial charge in [0.1, 0.15) is 6.04 Å². The van der Waals surface area contributed by atoms with Gasteiger partial charge in [-0.3, -0.25) is 4.68 Å². The molecule has 26 heavy (non-hydrogen) atoms. The summed E-state index contributed by atoms with van der Waals surface area (Å²) in [6.07, 6.45) is 3.38. The summed E-state index contributed by atoms with van der Waals surface area (Å²) >= 11 is 0. The van der Waals surface area contributed by atoms with Crippen molar-refractivity contribution in [1.82, 2.24) is 30.6 Å². The highest BCUT2D eigenvalue weighted by atomic mass is 16.5. The van der Waals surface area contributed by atoms with Crippen LogP contribution >= 0.6 is 0 Å². The lowest BCUT2D eigenvalue weighted by Gasteiger charge is -2.28. The zero-order valence-electron chi connectivity index (χ0n) is 15.4. The Morgan fingerprint density at radius 1 is 1.38 bits per heavy atom. The summed E-state index contributed by atoms with van der Waals surface area (Å²) < 4.78 is 12.6. The van der Waals surface area contributed by atoms with Crippen molar-refractivity contribution < 1.29 is 14.1 Å². The quantitative estimate of drug-likeness (QED) is 0.813. The van der Waals surface area contributed by atoms with Gasteiger partial charge in [0, 0.05) is 32.4 Å². The van der Waals surface area contributed by atoms with E-state index < -0.39 is 0 Å². The number of amides is 2. The maximum absolute atomic E-state index is 12.4. The molecule has 0 radical (unpaired) electrons. The van der Waals surface area contributed by atoms with Gasteiger partial charge >= 0.3 is 6.03 Å². The number of carbonyl (C=O) groups is 1. The van der Waals surface area contributed by atoms with Crippen LogP contribution in [0.15, 0.2) is 16.8 Å². The molecule has 0 saturated carbocycles. The number of hydrogen-bond donors (Lipinski definition) is 2. The number of hydrogen-bond acceptors (Lipinski definition) is 6. The lowest BCUT2D eigenvalue weighted by Crippen LogP contribution is -2.42. The van der Waals surface area contributed by atoms with Crippen molar-refractivity contribution in [2.75, 3.05) is 13.2 Å². The van der Waals surface area contributed by atoms with Gasteiger partial charge in [-0.25, -0.2) is 4.79 Å². The Bertz CT molecular complexity index is 720. The van der Waals surface area contributed by atoms with Crippen LogP contribution in [0.1, 0.15) is 56.1 Å². The Balaban J connectivity index is 1.68. The Labute approximate surface area is 152 Å². The van der Waals surface area contributed by atoms with E-state index in [0.717, 1.165) is 18.5 Å². The molecule has 1 saturated heterocycles. The molecule has 0 bridgehead atoms. The van der Waals surface area contributed by atoms with Gasteiger partial charge in [0.15, 0.2) is 5.82 Å². The third-order valence-corrected chi connectivity index (χ3v) is 4.62. The first kappa shape index (κ1) is 18.4. The van der Waals surface area contributed by atoms with E-state index in [-0.39, 0.29) is 23.9 Å². The topological polar surface area (TPSA) is 107 Å². The van der Waals surface area contributed by atoms with Gasteiger partial charge in [-0.15, -0.1) is 0 Å². The van der Waals surface area contributed by atoms with Gasteiger partial charge in [-0.05, 0) is 24.8 Å². The highest BCUT2D eigenvalue weighted by Crippen LogP contribution is 2.29. The number of nitrogens with one attached hydrogen (secondary N) is 2. The minimum absolute atomic E-state index is 0.168. The second kappa shape index (κ2) is 8.31. The highest BCUT2D eigenvalue weighted by Gasteiger charge is 2.31. The van der Waals surface area contributed by atoms with E-state index in [1.165, 1.54) is 0 Å². The van der Waals surface area contributed by atoms with E-state index in [1.54, 1.807) is 10.9 Å². The van der Waals surface area contributed by atoms with Crippen molar-refractivity contribution in [3.8, 4) is 0 Å². The highest BCUT2D eigenvalue weighted by molar-refractivity contribution is 5.74.